The van der Waals surface area contributed by atoms with E-state index in [1.165, 1.54) is 20.0 Å². The standard InChI is InChI=1S/C13H22O3.C12H20O3.CH4.2Na.H2O/c1-3-4-5-6-11-10(7-8-12(11)14)9-13(15)16-2;1-2-3-4-5-10-9(8-12(14)15)6-7-11(10)13;;;;/h10-11H,3-9H2,1-2H3;9-10H,2-8H2,1H3,(H,14,15);1H4;;;1H2/q;;;2*+1;/p-2. The Morgan fingerprint density at radius 3 is 1.57 bits per heavy atom. The zero-order chi connectivity index (χ0) is 23.2. The number of rotatable bonds is 12. The Labute approximate surface area is 257 Å². The molecule has 0 aliphatic heterocycles. The second kappa shape index (κ2) is 24.6. The average Bonchev–Trinajstić information content (AvgIpc) is 3.25. The van der Waals surface area contributed by atoms with E-state index < -0.39 is 5.97 Å². The summed E-state index contributed by atoms with van der Waals surface area (Å²) in [6.45, 7) is 4.28. The molecule has 0 radical (unpaired) electrons. The maximum atomic E-state index is 11.7. The van der Waals surface area contributed by atoms with Crippen molar-refractivity contribution in [1.29, 1.82) is 0 Å². The Morgan fingerprint density at radius 2 is 1.23 bits per heavy atom. The van der Waals surface area contributed by atoms with Gasteiger partial charge in [-0.3, -0.25) is 14.4 Å². The molecule has 2 aliphatic carbocycles. The van der Waals surface area contributed by atoms with Crippen molar-refractivity contribution >= 4 is 23.5 Å². The van der Waals surface area contributed by atoms with E-state index in [2.05, 4.69) is 18.6 Å². The van der Waals surface area contributed by atoms with E-state index >= 15 is 0 Å². The molecule has 0 aromatic heterocycles. The average molecular weight is 517 g/mol. The minimum Gasteiger partial charge on any atom is -0.870 e. The molecule has 0 aromatic rings. The number of aliphatic carboxylic acids is 1. The van der Waals surface area contributed by atoms with E-state index in [9.17, 15) is 24.3 Å². The molecule has 4 atom stereocenters. The van der Waals surface area contributed by atoms with E-state index in [4.69, 9.17) is 0 Å². The second-order valence-electron chi connectivity index (χ2n) is 9.09. The SMILES string of the molecule is C.CCCCCC1C(=O)CCC1CC(=O)OC.CCCCCC1C(=O)CCC1CC(=O)[O-].[Na+].[Na+].[OH-]. The predicted molar refractivity (Wildman–Crippen MR) is 126 cm³/mol. The fourth-order valence-electron chi connectivity index (χ4n) is 4.98. The Morgan fingerprint density at radius 1 is 0.829 bits per heavy atom. The molecule has 2 saturated carbocycles. The summed E-state index contributed by atoms with van der Waals surface area (Å²) in [5.41, 5.74) is 0. The number of ether oxygens (including phenoxy) is 1. The van der Waals surface area contributed by atoms with Crippen molar-refractivity contribution in [3.05, 3.63) is 0 Å². The van der Waals surface area contributed by atoms with Gasteiger partial charge in [-0.2, -0.15) is 0 Å². The fourth-order valence-corrected chi connectivity index (χ4v) is 4.98. The van der Waals surface area contributed by atoms with Gasteiger partial charge in [0.05, 0.1) is 7.11 Å². The number of unbranched alkanes of at least 4 members (excludes halogenated alkanes) is 4. The van der Waals surface area contributed by atoms with Crippen molar-refractivity contribution in [3.63, 3.8) is 0 Å². The molecule has 7 nitrogen and oxygen atoms in total. The van der Waals surface area contributed by atoms with Gasteiger partial charge in [-0.05, 0) is 43.9 Å². The molecule has 9 heteroatoms. The molecular weight excluding hydrogens is 470 g/mol. The molecule has 0 aromatic carbocycles. The summed E-state index contributed by atoms with van der Waals surface area (Å²) in [5, 5.41) is 10.5. The van der Waals surface area contributed by atoms with Crippen molar-refractivity contribution in [2.75, 3.05) is 7.11 Å². The summed E-state index contributed by atoms with van der Waals surface area (Å²) in [6, 6.07) is 0. The van der Waals surface area contributed by atoms with Gasteiger partial charge >= 0.3 is 65.1 Å². The number of hydrogen-bond acceptors (Lipinski definition) is 7. The van der Waals surface area contributed by atoms with Crippen LogP contribution in [0.4, 0.5) is 0 Å². The normalized spacial score (nSPS) is 22.4. The summed E-state index contributed by atoms with van der Waals surface area (Å²) in [6.07, 6.45) is 11.9. The van der Waals surface area contributed by atoms with E-state index in [1.54, 1.807) is 0 Å². The summed E-state index contributed by atoms with van der Waals surface area (Å²) < 4.78 is 4.67. The van der Waals surface area contributed by atoms with Crippen LogP contribution in [-0.2, 0) is 23.9 Å². The van der Waals surface area contributed by atoms with E-state index in [0.717, 1.165) is 51.4 Å². The number of esters is 1. The number of hydrogen-bond donors (Lipinski definition) is 0. The summed E-state index contributed by atoms with van der Waals surface area (Å²) >= 11 is 0. The zero-order valence-electron chi connectivity index (χ0n) is 22.1. The van der Waals surface area contributed by atoms with Crippen molar-refractivity contribution in [1.82, 2.24) is 0 Å². The quantitative estimate of drug-likeness (QED) is 0.175. The molecule has 0 spiro atoms. The summed E-state index contributed by atoms with van der Waals surface area (Å²) in [4.78, 5) is 45.0. The van der Waals surface area contributed by atoms with Crippen molar-refractivity contribution < 1.29 is 93.6 Å². The van der Waals surface area contributed by atoms with Crippen LogP contribution in [0, 0.1) is 23.7 Å². The number of carboxylic acid groups (broad SMARTS) is 1. The minimum atomic E-state index is -1.02. The number of carbonyl (C=O) groups excluding carboxylic acids is 4. The first kappa shape index (κ1) is 42.3. The fraction of sp³-hybridized carbons (Fsp3) is 0.846. The zero-order valence-corrected chi connectivity index (χ0v) is 26.1. The molecule has 2 aliphatic rings. The number of ketones is 2. The van der Waals surface area contributed by atoms with Crippen molar-refractivity contribution in [2.45, 2.75) is 111 Å². The smallest absolute Gasteiger partial charge is 0.870 e. The summed E-state index contributed by atoms with van der Waals surface area (Å²) in [7, 11) is 1.41. The summed E-state index contributed by atoms with van der Waals surface area (Å²) in [5.74, 6) is -0.200. The van der Waals surface area contributed by atoms with Crippen LogP contribution in [0.1, 0.15) is 111 Å². The molecule has 0 saturated heterocycles. The van der Waals surface area contributed by atoms with Crippen LogP contribution in [0.25, 0.3) is 0 Å². The molecule has 2 rings (SSSR count). The maximum absolute atomic E-state index is 11.7. The van der Waals surface area contributed by atoms with Crippen LogP contribution in [-0.4, -0.2) is 36.1 Å². The number of Topliss-reactive ketones (excluding diaryl/α,β-unsaturated/α-hetero) is 2. The van der Waals surface area contributed by atoms with Gasteiger partial charge < -0.3 is 20.1 Å². The Balaban J connectivity index is -0.000000247. The largest absolute Gasteiger partial charge is 1.00 e. The number of methoxy groups -OCH3 is 1. The first-order valence-electron chi connectivity index (χ1n) is 12.2. The van der Waals surface area contributed by atoms with E-state index in [-0.39, 0.29) is 114 Å². The molecule has 1 N–H and O–H groups in total. The first-order chi connectivity index (χ1) is 14.8. The van der Waals surface area contributed by atoms with Gasteiger partial charge in [-0.25, -0.2) is 0 Å². The molecule has 194 valence electrons. The van der Waals surface area contributed by atoms with E-state index in [0.29, 0.717) is 25.0 Å². The van der Waals surface area contributed by atoms with Crippen LogP contribution in [0.3, 0.4) is 0 Å². The molecule has 0 heterocycles. The number of carbonyl (C=O) groups is 4. The van der Waals surface area contributed by atoms with Crippen molar-refractivity contribution in [2.24, 2.45) is 23.7 Å². The maximum Gasteiger partial charge on any atom is 1.00 e. The van der Waals surface area contributed by atoms with Gasteiger partial charge in [-0.1, -0.05) is 59.8 Å². The topological polar surface area (TPSA) is 131 Å². The second-order valence-corrected chi connectivity index (χ2v) is 9.09. The van der Waals surface area contributed by atoms with Crippen LogP contribution in [0.2, 0.25) is 0 Å². The van der Waals surface area contributed by atoms with Gasteiger partial charge in [0.15, 0.2) is 0 Å². The minimum absolute atomic E-state index is 0. The van der Waals surface area contributed by atoms with Crippen LogP contribution in [0.5, 0.6) is 0 Å². The molecule has 0 amide bonds. The Hall–Kier alpha value is 0.240. The molecule has 0 bridgehead atoms. The Kier molecular flexibility index (Phi) is 29.7. The van der Waals surface area contributed by atoms with Crippen molar-refractivity contribution in [3.8, 4) is 0 Å². The van der Waals surface area contributed by atoms with Crippen LogP contribution < -0.4 is 64.2 Å². The van der Waals surface area contributed by atoms with E-state index in [1.807, 2.05) is 0 Å². The van der Waals surface area contributed by atoms with Crippen LogP contribution >= 0.6 is 0 Å². The van der Waals surface area contributed by atoms with Gasteiger partial charge in [-0.15, -0.1) is 0 Å². The first-order valence-corrected chi connectivity index (χ1v) is 12.2. The van der Waals surface area contributed by atoms with Gasteiger partial charge in [0.1, 0.15) is 11.6 Å². The third-order valence-electron chi connectivity index (χ3n) is 6.81. The molecule has 2 fully saturated rings. The van der Waals surface area contributed by atoms with Gasteiger partial charge in [0.2, 0.25) is 0 Å². The number of carboxylic acids is 1. The van der Waals surface area contributed by atoms with Gasteiger partial charge in [0.25, 0.3) is 0 Å². The Bertz CT molecular complexity index is 598. The molecular formula is C26H46Na2O7. The predicted octanol–water partition coefficient (Wildman–Crippen LogP) is -1.51. The monoisotopic (exact) mass is 516 g/mol. The third kappa shape index (κ3) is 16.6. The molecule has 4 unspecified atom stereocenters. The van der Waals surface area contributed by atoms with Gasteiger partial charge in [0, 0.05) is 37.1 Å². The molecule has 35 heavy (non-hydrogen) atoms. The third-order valence-corrected chi connectivity index (χ3v) is 6.81. The van der Waals surface area contributed by atoms with Crippen LogP contribution in [0.15, 0.2) is 0 Å².